The van der Waals surface area contributed by atoms with Gasteiger partial charge in [-0.3, -0.25) is 19.8 Å². The summed E-state index contributed by atoms with van der Waals surface area (Å²) in [6, 6.07) is 3.64. The van der Waals surface area contributed by atoms with Gasteiger partial charge in [0.1, 0.15) is 5.82 Å². The zero-order chi connectivity index (χ0) is 16.8. The average molecular weight is 328 g/mol. The van der Waals surface area contributed by atoms with Crippen molar-refractivity contribution in [2.75, 3.05) is 13.1 Å². The van der Waals surface area contributed by atoms with Gasteiger partial charge in [0.05, 0.1) is 12.6 Å². The highest BCUT2D eigenvalue weighted by Gasteiger charge is 2.22. The number of rotatable bonds is 5. The van der Waals surface area contributed by atoms with Crippen molar-refractivity contribution in [3.05, 3.63) is 30.4 Å². The second-order valence-electron chi connectivity index (χ2n) is 6.19. The molecule has 1 fully saturated rings. The highest BCUT2D eigenvalue weighted by molar-refractivity contribution is 5.81. The average Bonchev–Trinajstić information content (AvgIpc) is 2.93. The summed E-state index contributed by atoms with van der Waals surface area (Å²) in [5.74, 6) is 1.27. The molecule has 1 amide bonds. The summed E-state index contributed by atoms with van der Waals surface area (Å²) in [6.07, 6.45) is 8.30. The summed E-state index contributed by atoms with van der Waals surface area (Å²) in [6.45, 7) is 4.33. The zero-order valence-electron chi connectivity index (χ0n) is 14.0. The topological polar surface area (TPSA) is 86.8 Å². The normalized spacial score (nSPS) is 17.2. The van der Waals surface area contributed by atoms with Crippen molar-refractivity contribution in [1.82, 2.24) is 30.4 Å². The molecular formula is C17H24N6O. The first-order valence-electron chi connectivity index (χ1n) is 8.57. The van der Waals surface area contributed by atoms with E-state index in [1.807, 2.05) is 19.1 Å². The minimum absolute atomic E-state index is 0.0382. The number of H-pyrrole nitrogens is 1. The lowest BCUT2D eigenvalue weighted by Crippen LogP contribution is -2.45. The zero-order valence-corrected chi connectivity index (χ0v) is 14.0. The monoisotopic (exact) mass is 328 g/mol. The number of carbonyl (C=O) groups is 1. The van der Waals surface area contributed by atoms with E-state index in [9.17, 15) is 4.79 Å². The molecule has 1 saturated heterocycles. The molecule has 2 N–H and O–H groups in total. The Labute approximate surface area is 141 Å². The first-order valence-corrected chi connectivity index (χ1v) is 8.57. The molecule has 0 spiro atoms. The molecule has 3 rings (SSSR count). The fourth-order valence-corrected chi connectivity index (χ4v) is 2.97. The Morgan fingerprint density at radius 3 is 2.83 bits per heavy atom. The van der Waals surface area contributed by atoms with Crippen LogP contribution in [0.1, 0.15) is 38.4 Å². The largest absolute Gasteiger partial charge is 0.347 e. The van der Waals surface area contributed by atoms with E-state index in [1.54, 1.807) is 12.4 Å². The summed E-state index contributed by atoms with van der Waals surface area (Å²) >= 11 is 0. The van der Waals surface area contributed by atoms with Crippen LogP contribution in [0.25, 0.3) is 11.4 Å². The lowest BCUT2D eigenvalue weighted by molar-refractivity contribution is -0.126. The smallest absolute Gasteiger partial charge is 0.237 e. The van der Waals surface area contributed by atoms with Crippen LogP contribution in [0.15, 0.2) is 24.5 Å². The van der Waals surface area contributed by atoms with E-state index in [2.05, 4.69) is 30.4 Å². The molecule has 0 aromatic carbocycles. The van der Waals surface area contributed by atoms with Crippen molar-refractivity contribution >= 4 is 5.91 Å². The Balaban J connectivity index is 1.53. The molecule has 1 unspecified atom stereocenters. The number of aromatic amines is 1. The number of aromatic nitrogens is 4. The third kappa shape index (κ3) is 4.17. The van der Waals surface area contributed by atoms with Gasteiger partial charge in [-0.25, -0.2) is 4.98 Å². The molecule has 0 saturated carbocycles. The molecular weight excluding hydrogens is 304 g/mol. The molecule has 7 nitrogen and oxygen atoms in total. The fraction of sp³-hybridized carbons (Fsp3) is 0.529. The van der Waals surface area contributed by atoms with E-state index in [-0.39, 0.29) is 11.9 Å². The van der Waals surface area contributed by atoms with Crippen molar-refractivity contribution in [3.8, 4) is 11.4 Å². The van der Waals surface area contributed by atoms with E-state index in [4.69, 9.17) is 0 Å². The molecule has 2 aromatic heterocycles. The van der Waals surface area contributed by atoms with Gasteiger partial charge in [-0.05, 0) is 45.0 Å². The van der Waals surface area contributed by atoms with Crippen molar-refractivity contribution in [2.45, 2.75) is 45.2 Å². The van der Waals surface area contributed by atoms with Gasteiger partial charge in [-0.1, -0.05) is 12.8 Å². The molecule has 24 heavy (non-hydrogen) atoms. The van der Waals surface area contributed by atoms with Gasteiger partial charge in [0, 0.05) is 18.0 Å². The number of carbonyl (C=O) groups excluding carboxylic acids is 1. The Bertz CT molecular complexity index is 648. The van der Waals surface area contributed by atoms with E-state index < -0.39 is 0 Å². The molecule has 128 valence electrons. The van der Waals surface area contributed by atoms with Crippen LogP contribution in [-0.4, -0.2) is 50.1 Å². The summed E-state index contributed by atoms with van der Waals surface area (Å²) < 4.78 is 0. The summed E-state index contributed by atoms with van der Waals surface area (Å²) in [7, 11) is 0. The quantitative estimate of drug-likeness (QED) is 0.873. The lowest BCUT2D eigenvalue weighted by Gasteiger charge is -2.26. The maximum absolute atomic E-state index is 12.4. The molecule has 1 aliphatic rings. The second kappa shape index (κ2) is 8.01. The Morgan fingerprint density at radius 2 is 2.12 bits per heavy atom. The second-order valence-corrected chi connectivity index (χ2v) is 6.19. The van der Waals surface area contributed by atoms with Crippen LogP contribution in [0.5, 0.6) is 0 Å². The number of hydrogen-bond donors (Lipinski definition) is 2. The highest BCUT2D eigenvalue weighted by atomic mass is 16.2. The number of hydrogen-bond acceptors (Lipinski definition) is 5. The molecule has 0 radical (unpaired) electrons. The van der Waals surface area contributed by atoms with E-state index in [0.29, 0.717) is 18.2 Å². The van der Waals surface area contributed by atoms with Crippen LogP contribution in [0.2, 0.25) is 0 Å². The molecule has 1 aliphatic heterocycles. The molecule has 7 heteroatoms. The van der Waals surface area contributed by atoms with Gasteiger partial charge in [0.2, 0.25) is 5.91 Å². The lowest BCUT2D eigenvalue weighted by atomic mass is 10.2. The number of likely N-dealkylation sites (tertiary alicyclic amines) is 1. The van der Waals surface area contributed by atoms with Crippen LogP contribution in [0.4, 0.5) is 0 Å². The van der Waals surface area contributed by atoms with Crippen LogP contribution in [0, 0.1) is 0 Å². The fourth-order valence-electron chi connectivity index (χ4n) is 2.97. The van der Waals surface area contributed by atoms with Crippen molar-refractivity contribution in [3.63, 3.8) is 0 Å². The molecule has 2 aromatic rings. The summed E-state index contributed by atoms with van der Waals surface area (Å²) in [5.41, 5.74) is 0.851. The first kappa shape index (κ1) is 16.6. The van der Waals surface area contributed by atoms with Crippen LogP contribution < -0.4 is 5.32 Å². The number of amides is 1. The SMILES string of the molecule is CC(C(=O)NCc1nc(-c2cccnc2)n[nH]1)N1CCCCCC1. The van der Waals surface area contributed by atoms with Crippen LogP contribution in [-0.2, 0) is 11.3 Å². The Hall–Kier alpha value is -2.28. The molecule has 0 aliphatic carbocycles. The van der Waals surface area contributed by atoms with Gasteiger partial charge in [-0.2, -0.15) is 5.10 Å². The van der Waals surface area contributed by atoms with Crippen molar-refractivity contribution < 1.29 is 4.79 Å². The maximum atomic E-state index is 12.4. The Kier molecular flexibility index (Phi) is 5.53. The number of pyridine rings is 1. The third-order valence-corrected chi connectivity index (χ3v) is 4.45. The van der Waals surface area contributed by atoms with Crippen LogP contribution >= 0.6 is 0 Å². The van der Waals surface area contributed by atoms with Gasteiger partial charge in [0.15, 0.2) is 5.82 Å². The summed E-state index contributed by atoms with van der Waals surface area (Å²) in [5, 5.41) is 10.00. The predicted octanol–water partition coefficient (Wildman–Crippen LogP) is 1.75. The molecule has 0 bridgehead atoms. The minimum atomic E-state index is -0.108. The van der Waals surface area contributed by atoms with Gasteiger partial charge >= 0.3 is 0 Å². The standard InChI is InChI=1S/C17H24N6O/c1-13(23-9-4-2-3-5-10-23)17(24)19-12-15-20-16(22-21-15)14-7-6-8-18-11-14/h6-8,11,13H,2-5,9-10,12H2,1H3,(H,19,24)(H,20,21,22). The van der Waals surface area contributed by atoms with Gasteiger partial charge < -0.3 is 5.32 Å². The highest BCUT2D eigenvalue weighted by Crippen LogP contribution is 2.13. The van der Waals surface area contributed by atoms with Gasteiger partial charge in [0.25, 0.3) is 0 Å². The van der Waals surface area contributed by atoms with E-state index in [0.717, 1.165) is 18.7 Å². The van der Waals surface area contributed by atoms with E-state index in [1.165, 1.54) is 25.7 Å². The van der Waals surface area contributed by atoms with Crippen molar-refractivity contribution in [1.29, 1.82) is 0 Å². The molecule has 1 atom stereocenters. The Morgan fingerprint density at radius 1 is 1.33 bits per heavy atom. The third-order valence-electron chi connectivity index (χ3n) is 4.45. The minimum Gasteiger partial charge on any atom is -0.347 e. The van der Waals surface area contributed by atoms with E-state index >= 15 is 0 Å². The van der Waals surface area contributed by atoms with Crippen molar-refractivity contribution in [2.24, 2.45) is 0 Å². The van der Waals surface area contributed by atoms with Crippen LogP contribution in [0.3, 0.4) is 0 Å². The maximum Gasteiger partial charge on any atom is 0.237 e. The predicted molar refractivity (Wildman–Crippen MR) is 91.0 cm³/mol. The molecule has 3 heterocycles. The first-order chi connectivity index (χ1) is 11.7. The number of nitrogens with one attached hydrogen (secondary N) is 2. The number of nitrogens with zero attached hydrogens (tertiary/aromatic N) is 4. The summed E-state index contributed by atoms with van der Waals surface area (Å²) in [4.78, 5) is 23.1. The van der Waals surface area contributed by atoms with Gasteiger partial charge in [-0.15, -0.1) is 0 Å².